The first kappa shape index (κ1) is 19.6. The van der Waals surface area contributed by atoms with Gasteiger partial charge in [0.25, 0.3) is 5.91 Å². The molecule has 0 radical (unpaired) electrons. The summed E-state index contributed by atoms with van der Waals surface area (Å²) < 4.78 is 3.68. The Bertz CT molecular complexity index is 1180. The molecule has 0 aliphatic carbocycles. The third-order valence-corrected chi connectivity index (χ3v) is 5.39. The maximum Gasteiger partial charge on any atom is 0.251 e. The standard InChI is InChI=1S/C20H19N7O2S/c1-26-11-9-21-20(26)30-13-18(28)23-15-7-5-14(6-8-15)19(29)22-12-17-25-24-16-4-2-3-10-27(16)17/h2-11H,12-13H2,1H3,(H,22,29)(H,23,28). The molecule has 0 fully saturated rings. The Labute approximate surface area is 176 Å². The van der Waals surface area contributed by atoms with Crippen LogP contribution in [-0.4, -0.2) is 41.7 Å². The van der Waals surface area contributed by atoms with Crippen molar-refractivity contribution in [3.05, 3.63) is 72.4 Å². The van der Waals surface area contributed by atoms with Crippen LogP contribution < -0.4 is 10.6 Å². The normalized spacial score (nSPS) is 10.8. The minimum absolute atomic E-state index is 0.140. The van der Waals surface area contributed by atoms with E-state index in [1.54, 1.807) is 30.5 Å². The highest BCUT2D eigenvalue weighted by molar-refractivity contribution is 7.99. The van der Waals surface area contributed by atoms with Crippen LogP contribution in [0, 0.1) is 0 Å². The molecule has 0 spiro atoms. The average molecular weight is 421 g/mol. The zero-order chi connectivity index (χ0) is 20.9. The molecule has 4 rings (SSSR count). The van der Waals surface area contributed by atoms with E-state index in [1.807, 2.05) is 46.6 Å². The number of nitrogens with one attached hydrogen (secondary N) is 2. The van der Waals surface area contributed by atoms with Crippen LogP contribution in [0.15, 0.2) is 66.2 Å². The summed E-state index contributed by atoms with van der Waals surface area (Å²) >= 11 is 1.36. The number of hydrogen-bond acceptors (Lipinski definition) is 6. The Balaban J connectivity index is 1.29. The maximum absolute atomic E-state index is 12.4. The number of aryl methyl sites for hydroxylation is 1. The zero-order valence-electron chi connectivity index (χ0n) is 16.1. The number of anilines is 1. The number of amides is 2. The van der Waals surface area contributed by atoms with Gasteiger partial charge in [-0.15, -0.1) is 10.2 Å². The molecular formula is C20H19N7O2S. The lowest BCUT2D eigenvalue weighted by molar-refractivity contribution is -0.113. The van der Waals surface area contributed by atoms with E-state index in [9.17, 15) is 9.59 Å². The van der Waals surface area contributed by atoms with E-state index in [0.29, 0.717) is 17.1 Å². The number of hydrogen-bond donors (Lipinski definition) is 2. The average Bonchev–Trinajstić information content (AvgIpc) is 3.37. The molecule has 3 aromatic heterocycles. The van der Waals surface area contributed by atoms with Gasteiger partial charge in [0.2, 0.25) is 5.91 Å². The predicted octanol–water partition coefficient (Wildman–Crippen LogP) is 2.12. The number of fused-ring (bicyclic) bond motifs is 1. The van der Waals surface area contributed by atoms with Crippen LogP contribution in [0.2, 0.25) is 0 Å². The van der Waals surface area contributed by atoms with Gasteiger partial charge in [-0.2, -0.15) is 0 Å². The van der Waals surface area contributed by atoms with Crippen molar-refractivity contribution >= 4 is 34.9 Å². The molecule has 0 unspecified atom stereocenters. The van der Waals surface area contributed by atoms with Gasteiger partial charge in [0.1, 0.15) is 0 Å². The van der Waals surface area contributed by atoms with E-state index < -0.39 is 0 Å². The highest BCUT2D eigenvalue weighted by Gasteiger charge is 2.10. The molecule has 2 amide bonds. The number of benzene rings is 1. The molecule has 0 saturated heterocycles. The van der Waals surface area contributed by atoms with Crippen molar-refractivity contribution in [3.8, 4) is 0 Å². The summed E-state index contributed by atoms with van der Waals surface area (Å²) in [5, 5.41) is 14.6. The second-order valence-corrected chi connectivity index (χ2v) is 7.41. The second-order valence-electron chi connectivity index (χ2n) is 6.46. The first-order chi connectivity index (χ1) is 14.6. The van der Waals surface area contributed by atoms with Crippen LogP contribution in [0.4, 0.5) is 5.69 Å². The Kier molecular flexibility index (Phi) is 5.75. The van der Waals surface area contributed by atoms with Gasteiger partial charge in [0, 0.05) is 36.9 Å². The molecule has 0 saturated carbocycles. The highest BCUT2D eigenvalue weighted by Crippen LogP contribution is 2.16. The van der Waals surface area contributed by atoms with Crippen LogP contribution in [0.5, 0.6) is 0 Å². The number of imidazole rings is 1. The monoisotopic (exact) mass is 421 g/mol. The Hall–Kier alpha value is -3.66. The fraction of sp³-hybridized carbons (Fsp3) is 0.150. The lowest BCUT2D eigenvalue weighted by atomic mass is 10.2. The lowest BCUT2D eigenvalue weighted by Gasteiger charge is -2.07. The first-order valence-electron chi connectivity index (χ1n) is 9.17. The molecule has 9 nitrogen and oxygen atoms in total. The number of rotatable bonds is 7. The molecule has 3 heterocycles. The topological polar surface area (TPSA) is 106 Å². The third kappa shape index (κ3) is 4.49. The van der Waals surface area contributed by atoms with Crippen LogP contribution in [-0.2, 0) is 18.4 Å². The Morgan fingerprint density at radius 1 is 1.07 bits per heavy atom. The molecular weight excluding hydrogens is 402 g/mol. The maximum atomic E-state index is 12.4. The van der Waals surface area contributed by atoms with E-state index >= 15 is 0 Å². The summed E-state index contributed by atoms with van der Waals surface area (Å²) in [7, 11) is 1.88. The first-order valence-corrected chi connectivity index (χ1v) is 10.2. The SMILES string of the molecule is Cn1ccnc1SCC(=O)Nc1ccc(C(=O)NCc2nnc3ccccn23)cc1. The summed E-state index contributed by atoms with van der Waals surface area (Å²) in [5.41, 5.74) is 1.84. The number of nitrogens with zero attached hydrogens (tertiary/aromatic N) is 5. The van der Waals surface area contributed by atoms with Crippen LogP contribution in [0.1, 0.15) is 16.2 Å². The molecule has 0 bridgehead atoms. The van der Waals surface area contributed by atoms with Crippen molar-refractivity contribution in [2.75, 3.05) is 11.1 Å². The molecule has 1 aromatic carbocycles. The van der Waals surface area contributed by atoms with Gasteiger partial charge in [-0.3, -0.25) is 14.0 Å². The highest BCUT2D eigenvalue weighted by atomic mass is 32.2. The van der Waals surface area contributed by atoms with Crippen LogP contribution in [0.25, 0.3) is 5.65 Å². The third-order valence-electron chi connectivity index (χ3n) is 4.33. The van der Waals surface area contributed by atoms with Crippen molar-refractivity contribution in [1.29, 1.82) is 0 Å². The number of carbonyl (C=O) groups excluding carboxylic acids is 2. The van der Waals surface area contributed by atoms with Gasteiger partial charge in [-0.25, -0.2) is 4.98 Å². The number of thioether (sulfide) groups is 1. The summed E-state index contributed by atoms with van der Waals surface area (Å²) in [6.45, 7) is 0.257. The van der Waals surface area contributed by atoms with Gasteiger partial charge in [0.05, 0.1) is 12.3 Å². The van der Waals surface area contributed by atoms with E-state index in [4.69, 9.17) is 0 Å². The molecule has 0 aliphatic rings. The Morgan fingerprint density at radius 2 is 1.90 bits per heavy atom. The van der Waals surface area contributed by atoms with E-state index in [-0.39, 0.29) is 24.1 Å². The molecule has 0 aliphatic heterocycles. The van der Waals surface area contributed by atoms with Crippen LogP contribution in [0.3, 0.4) is 0 Å². The zero-order valence-corrected chi connectivity index (χ0v) is 17.0. The quantitative estimate of drug-likeness (QED) is 0.443. The summed E-state index contributed by atoms with van der Waals surface area (Å²) in [6.07, 6.45) is 5.37. The second kappa shape index (κ2) is 8.78. The summed E-state index contributed by atoms with van der Waals surface area (Å²) in [4.78, 5) is 28.7. The minimum atomic E-state index is -0.231. The van der Waals surface area contributed by atoms with Crippen molar-refractivity contribution in [3.63, 3.8) is 0 Å². The van der Waals surface area contributed by atoms with Gasteiger partial charge in [0.15, 0.2) is 16.6 Å². The van der Waals surface area contributed by atoms with Crippen molar-refractivity contribution in [2.24, 2.45) is 7.05 Å². The van der Waals surface area contributed by atoms with Crippen molar-refractivity contribution < 1.29 is 9.59 Å². The van der Waals surface area contributed by atoms with Crippen molar-refractivity contribution in [2.45, 2.75) is 11.7 Å². The largest absolute Gasteiger partial charge is 0.345 e. The number of aromatic nitrogens is 5. The molecule has 152 valence electrons. The van der Waals surface area contributed by atoms with E-state index in [2.05, 4.69) is 25.8 Å². The molecule has 10 heteroatoms. The molecule has 2 N–H and O–H groups in total. The molecule has 4 aromatic rings. The molecule has 30 heavy (non-hydrogen) atoms. The fourth-order valence-corrected chi connectivity index (χ4v) is 3.53. The predicted molar refractivity (Wildman–Crippen MR) is 113 cm³/mol. The Morgan fingerprint density at radius 3 is 2.67 bits per heavy atom. The van der Waals surface area contributed by atoms with E-state index in [0.717, 1.165) is 10.8 Å². The smallest absolute Gasteiger partial charge is 0.251 e. The number of carbonyl (C=O) groups is 2. The van der Waals surface area contributed by atoms with Gasteiger partial charge in [-0.05, 0) is 36.4 Å². The van der Waals surface area contributed by atoms with Gasteiger partial charge in [-0.1, -0.05) is 17.8 Å². The fourth-order valence-electron chi connectivity index (χ4n) is 2.80. The molecule has 0 atom stereocenters. The number of pyridine rings is 1. The van der Waals surface area contributed by atoms with Crippen LogP contribution >= 0.6 is 11.8 Å². The summed E-state index contributed by atoms with van der Waals surface area (Å²) in [5.74, 6) is 0.525. The summed E-state index contributed by atoms with van der Waals surface area (Å²) in [6, 6.07) is 12.3. The van der Waals surface area contributed by atoms with Gasteiger partial charge >= 0.3 is 0 Å². The minimum Gasteiger partial charge on any atom is -0.345 e. The van der Waals surface area contributed by atoms with Gasteiger partial charge < -0.3 is 15.2 Å². The van der Waals surface area contributed by atoms with E-state index in [1.165, 1.54) is 11.8 Å². The van der Waals surface area contributed by atoms with Crippen molar-refractivity contribution in [1.82, 2.24) is 29.5 Å². The lowest BCUT2D eigenvalue weighted by Crippen LogP contribution is -2.24.